The van der Waals surface area contributed by atoms with Gasteiger partial charge in [-0.2, -0.15) is 0 Å². The molecule has 0 aliphatic heterocycles. The predicted molar refractivity (Wildman–Crippen MR) is 71.7 cm³/mol. The molecule has 94 valence electrons. The second-order valence-corrected chi connectivity index (χ2v) is 5.21. The molecule has 0 unspecified atom stereocenters. The Morgan fingerprint density at radius 3 is 2.61 bits per heavy atom. The van der Waals surface area contributed by atoms with Gasteiger partial charge in [-0.05, 0) is 17.0 Å². The lowest BCUT2D eigenvalue weighted by molar-refractivity contribution is 0.102. The van der Waals surface area contributed by atoms with Crippen molar-refractivity contribution in [1.82, 2.24) is 9.97 Å². The number of anilines is 1. The van der Waals surface area contributed by atoms with E-state index in [1.807, 2.05) is 24.3 Å². The molecule has 2 N–H and O–H groups in total. The van der Waals surface area contributed by atoms with Crippen molar-refractivity contribution in [2.75, 3.05) is 5.32 Å². The molecule has 0 saturated heterocycles. The average molecular weight is 243 g/mol. The maximum absolute atomic E-state index is 12.0. The molecule has 0 aliphatic carbocycles. The first kappa shape index (κ1) is 12.4. The maximum Gasteiger partial charge on any atom is 0.273 e. The minimum atomic E-state index is -0.177. The lowest BCUT2D eigenvalue weighted by Gasteiger charge is -2.22. The standard InChI is InChI=1S/C14H17N3O/c1-14(2,3)10-6-4-5-7-11(10)17-13(18)12-8-15-9-16-12/h4-9H,1-3H3,(H,15,16)(H,17,18). The molecule has 1 amide bonds. The summed E-state index contributed by atoms with van der Waals surface area (Å²) in [6.07, 6.45) is 3.00. The molecule has 0 radical (unpaired) electrons. The lowest BCUT2D eigenvalue weighted by atomic mass is 9.86. The summed E-state index contributed by atoms with van der Waals surface area (Å²) < 4.78 is 0. The van der Waals surface area contributed by atoms with E-state index >= 15 is 0 Å². The lowest BCUT2D eigenvalue weighted by Crippen LogP contribution is -2.18. The molecule has 0 aliphatic rings. The van der Waals surface area contributed by atoms with Crippen LogP contribution in [0, 0.1) is 0 Å². The zero-order chi connectivity index (χ0) is 13.2. The van der Waals surface area contributed by atoms with E-state index in [1.165, 1.54) is 12.5 Å². The summed E-state index contributed by atoms with van der Waals surface area (Å²) in [5.41, 5.74) is 2.39. The third-order valence-corrected chi connectivity index (χ3v) is 2.73. The van der Waals surface area contributed by atoms with Crippen molar-refractivity contribution in [3.8, 4) is 0 Å². The van der Waals surface area contributed by atoms with Crippen LogP contribution in [-0.4, -0.2) is 15.9 Å². The Labute approximate surface area is 106 Å². The van der Waals surface area contributed by atoms with Gasteiger partial charge in [-0.3, -0.25) is 4.79 Å². The molecular formula is C14H17N3O. The zero-order valence-electron chi connectivity index (χ0n) is 10.8. The normalized spacial score (nSPS) is 11.3. The van der Waals surface area contributed by atoms with Gasteiger partial charge in [0.25, 0.3) is 5.91 Å². The Kier molecular flexibility index (Phi) is 3.19. The van der Waals surface area contributed by atoms with Crippen LogP contribution in [0.1, 0.15) is 36.8 Å². The van der Waals surface area contributed by atoms with Gasteiger partial charge >= 0.3 is 0 Å². The summed E-state index contributed by atoms with van der Waals surface area (Å²) >= 11 is 0. The van der Waals surface area contributed by atoms with Crippen molar-refractivity contribution in [2.45, 2.75) is 26.2 Å². The number of hydrogen-bond acceptors (Lipinski definition) is 2. The minimum absolute atomic E-state index is 0.0160. The molecule has 2 rings (SSSR count). The third kappa shape index (κ3) is 2.59. The van der Waals surface area contributed by atoms with E-state index in [9.17, 15) is 4.79 Å². The smallest absolute Gasteiger partial charge is 0.273 e. The second-order valence-electron chi connectivity index (χ2n) is 5.21. The van der Waals surface area contributed by atoms with Gasteiger partial charge in [0.15, 0.2) is 0 Å². The molecular weight excluding hydrogens is 226 g/mol. The van der Waals surface area contributed by atoms with Crippen LogP contribution in [0.2, 0.25) is 0 Å². The number of nitrogens with zero attached hydrogens (tertiary/aromatic N) is 1. The predicted octanol–water partition coefficient (Wildman–Crippen LogP) is 2.96. The van der Waals surface area contributed by atoms with Gasteiger partial charge in [-0.15, -0.1) is 0 Å². The Bertz CT molecular complexity index is 538. The first-order valence-electron chi connectivity index (χ1n) is 5.88. The van der Waals surface area contributed by atoms with Gasteiger partial charge in [0.05, 0.1) is 12.5 Å². The molecule has 1 heterocycles. The highest BCUT2D eigenvalue weighted by molar-refractivity contribution is 6.03. The largest absolute Gasteiger partial charge is 0.341 e. The van der Waals surface area contributed by atoms with E-state index in [1.54, 1.807) is 0 Å². The molecule has 2 aromatic rings. The molecule has 0 atom stereocenters. The topological polar surface area (TPSA) is 57.8 Å². The number of nitrogens with one attached hydrogen (secondary N) is 2. The second kappa shape index (κ2) is 4.64. The van der Waals surface area contributed by atoms with Crippen molar-refractivity contribution in [2.24, 2.45) is 0 Å². The van der Waals surface area contributed by atoms with Crippen LogP contribution in [0.3, 0.4) is 0 Å². The summed E-state index contributed by atoms with van der Waals surface area (Å²) in [6.45, 7) is 6.36. The number of aromatic nitrogens is 2. The van der Waals surface area contributed by atoms with Crippen molar-refractivity contribution in [3.63, 3.8) is 0 Å². The number of H-pyrrole nitrogens is 1. The number of amides is 1. The molecule has 4 heteroatoms. The van der Waals surface area contributed by atoms with E-state index in [2.05, 4.69) is 36.1 Å². The molecule has 0 fully saturated rings. The number of hydrogen-bond donors (Lipinski definition) is 2. The summed E-state index contributed by atoms with van der Waals surface area (Å²) in [4.78, 5) is 18.6. The summed E-state index contributed by atoms with van der Waals surface area (Å²) in [6, 6.07) is 7.83. The average Bonchev–Trinajstić information content (AvgIpc) is 2.81. The number of carbonyl (C=O) groups is 1. The van der Waals surface area contributed by atoms with Crippen LogP contribution >= 0.6 is 0 Å². The van der Waals surface area contributed by atoms with E-state index in [0.717, 1.165) is 11.3 Å². The number of rotatable bonds is 2. The van der Waals surface area contributed by atoms with Crippen LogP contribution in [0.5, 0.6) is 0 Å². The van der Waals surface area contributed by atoms with E-state index < -0.39 is 0 Å². The maximum atomic E-state index is 12.0. The number of para-hydroxylation sites is 1. The molecule has 0 bridgehead atoms. The first-order chi connectivity index (χ1) is 8.48. The zero-order valence-corrected chi connectivity index (χ0v) is 10.8. The van der Waals surface area contributed by atoms with Crippen molar-refractivity contribution < 1.29 is 4.79 Å². The Morgan fingerprint density at radius 2 is 2.00 bits per heavy atom. The number of aromatic amines is 1. The fraction of sp³-hybridized carbons (Fsp3) is 0.286. The number of benzene rings is 1. The Hall–Kier alpha value is -2.10. The quantitative estimate of drug-likeness (QED) is 0.852. The SMILES string of the molecule is CC(C)(C)c1ccccc1NC(=O)c1cnc[nH]1. The van der Waals surface area contributed by atoms with Gasteiger partial charge in [-0.25, -0.2) is 4.98 Å². The molecule has 18 heavy (non-hydrogen) atoms. The first-order valence-corrected chi connectivity index (χ1v) is 5.88. The third-order valence-electron chi connectivity index (χ3n) is 2.73. The van der Waals surface area contributed by atoms with Crippen molar-refractivity contribution in [3.05, 3.63) is 48.0 Å². The monoisotopic (exact) mass is 243 g/mol. The van der Waals surface area contributed by atoms with Crippen molar-refractivity contribution in [1.29, 1.82) is 0 Å². The van der Waals surface area contributed by atoms with Gasteiger partial charge in [-0.1, -0.05) is 39.0 Å². The number of carbonyl (C=O) groups excluding carboxylic acids is 1. The Morgan fingerprint density at radius 1 is 1.28 bits per heavy atom. The Balaban J connectivity index is 2.27. The van der Waals surface area contributed by atoms with E-state index in [-0.39, 0.29) is 11.3 Å². The van der Waals surface area contributed by atoms with Crippen molar-refractivity contribution >= 4 is 11.6 Å². The van der Waals surface area contributed by atoms with E-state index in [4.69, 9.17) is 0 Å². The highest BCUT2D eigenvalue weighted by Gasteiger charge is 2.19. The highest BCUT2D eigenvalue weighted by atomic mass is 16.1. The summed E-state index contributed by atoms with van der Waals surface area (Å²) in [7, 11) is 0. The fourth-order valence-electron chi connectivity index (χ4n) is 1.82. The van der Waals surface area contributed by atoms with Crippen LogP contribution in [0.4, 0.5) is 5.69 Å². The molecule has 0 spiro atoms. The molecule has 0 saturated carbocycles. The minimum Gasteiger partial charge on any atom is -0.341 e. The molecule has 4 nitrogen and oxygen atoms in total. The van der Waals surface area contributed by atoms with Gasteiger partial charge in [0.2, 0.25) is 0 Å². The molecule has 1 aromatic heterocycles. The van der Waals surface area contributed by atoms with Gasteiger partial charge < -0.3 is 10.3 Å². The van der Waals surface area contributed by atoms with Crippen LogP contribution in [0.15, 0.2) is 36.8 Å². The van der Waals surface area contributed by atoms with Gasteiger partial charge in [0, 0.05) is 5.69 Å². The summed E-state index contributed by atoms with van der Waals surface area (Å²) in [5.74, 6) is -0.177. The van der Waals surface area contributed by atoms with E-state index in [0.29, 0.717) is 5.69 Å². The molecule has 1 aromatic carbocycles. The highest BCUT2D eigenvalue weighted by Crippen LogP contribution is 2.29. The van der Waals surface area contributed by atoms with Crippen LogP contribution in [0.25, 0.3) is 0 Å². The fourth-order valence-corrected chi connectivity index (χ4v) is 1.82. The number of imidazole rings is 1. The van der Waals surface area contributed by atoms with Gasteiger partial charge in [0.1, 0.15) is 5.69 Å². The summed E-state index contributed by atoms with van der Waals surface area (Å²) in [5, 5.41) is 2.91. The van der Waals surface area contributed by atoms with Crippen LogP contribution in [-0.2, 0) is 5.41 Å². The van der Waals surface area contributed by atoms with Crippen LogP contribution < -0.4 is 5.32 Å².